The number of anilines is 2. The van der Waals surface area contributed by atoms with Gasteiger partial charge in [-0.1, -0.05) is 18.9 Å². The summed E-state index contributed by atoms with van der Waals surface area (Å²) in [6.07, 6.45) is 5.38. The Hall–Kier alpha value is -1.75. The molecular weight excluding hydrogens is 264 g/mol. The van der Waals surface area contributed by atoms with Crippen molar-refractivity contribution in [3.05, 3.63) is 24.3 Å². The minimum Gasteiger partial charge on any atom is -0.399 e. The largest absolute Gasteiger partial charge is 0.399 e. The van der Waals surface area contributed by atoms with Crippen molar-refractivity contribution in [2.24, 2.45) is 0 Å². The normalized spacial score (nSPS) is 20.7. The number of hydrogen-bond acceptors (Lipinski definition) is 3. The van der Waals surface area contributed by atoms with E-state index in [4.69, 9.17) is 5.73 Å². The topological polar surface area (TPSA) is 61.6 Å². The highest BCUT2D eigenvalue weighted by atomic mass is 16.2. The molecule has 2 fully saturated rings. The fourth-order valence-corrected chi connectivity index (χ4v) is 3.38. The molecular formula is C16H24N4O. The Labute approximate surface area is 126 Å². The first-order valence-corrected chi connectivity index (χ1v) is 7.88. The SMILES string of the molecule is Nc1cccc(NC(=O)N2CCN(C3CCCC3)CC2)c1. The van der Waals surface area contributed by atoms with Gasteiger partial charge >= 0.3 is 6.03 Å². The van der Waals surface area contributed by atoms with Crippen molar-refractivity contribution in [2.75, 3.05) is 37.2 Å². The van der Waals surface area contributed by atoms with E-state index in [0.717, 1.165) is 37.9 Å². The van der Waals surface area contributed by atoms with Crippen molar-refractivity contribution in [1.82, 2.24) is 9.80 Å². The van der Waals surface area contributed by atoms with Crippen LogP contribution in [-0.2, 0) is 0 Å². The summed E-state index contributed by atoms with van der Waals surface area (Å²) in [4.78, 5) is 16.7. The average Bonchev–Trinajstić information content (AvgIpc) is 3.01. The summed E-state index contributed by atoms with van der Waals surface area (Å²) in [5.74, 6) is 0. The summed E-state index contributed by atoms with van der Waals surface area (Å²) in [5, 5.41) is 2.93. The lowest BCUT2D eigenvalue weighted by atomic mass is 10.2. The second kappa shape index (κ2) is 6.35. The number of piperazine rings is 1. The molecule has 2 amide bonds. The molecule has 1 aliphatic heterocycles. The van der Waals surface area contributed by atoms with Gasteiger partial charge in [0, 0.05) is 43.6 Å². The average molecular weight is 288 g/mol. The number of amides is 2. The van der Waals surface area contributed by atoms with E-state index in [1.54, 1.807) is 6.07 Å². The van der Waals surface area contributed by atoms with Gasteiger partial charge < -0.3 is 16.0 Å². The van der Waals surface area contributed by atoms with E-state index in [-0.39, 0.29) is 6.03 Å². The van der Waals surface area contributed by atoms with Gasteiger partial charge in [-0.2, -0.15) is 0 Å². The molecule has 2 aliphatic rings. The third kappa shape index (κ3) is 3.47. The Morgan fingerprint density at radius 2 is 1.86 bits per heavy atom. The maximum Gasteiger partial charge on any atom is 0.321 e. The van der Waals surface area contributed by atoms with Crippen LogP contribution >= 0.6 is 0 Å². The molecule has 1 aromatic rings. The molecule has 21 heavy (non-hydrogen) atoms. The number of nitrogens with one attached hydrogen (secondary N) is 1. The van der Waals surface area contributed by atoms with Crippen LogP contribution in [0.5, 0.6) is 0 Å². The Kier molecular flexibility index (Phi) is 4.29. The van der Waals surface area contributed by atoms with E-state index in [0.29, 0.717) is 5.69 Å². The molecule has 1 saturated carbocycles. The van der Waals surface area contributed by atoms with Crippen LogP contribution in [0.3, 0.4) is 0 Å². The van der Waals surface area contributed by atoms with Gasteiger partial charge in [-0.05, 0) is 31.0 Å². The van der Waals surface area contributed by atoms with Gasteiger partial charge in [0.1, 0.15) is 0 Å². The highest BCUT2D eigenvalue weighted by molar-refractivity contribution is 5.89. The summed E-state index contributed by atoms with van der Waals surface area (Å²) in [5.41, 5.74) is 7.16. The van der Waals surface area contributed by atoms with Crippen molar-refractivity contribution >= 4 is 17.4 Å². The summed E-state index contributed by atoms with van der Waals surface area (Å²) in [6, 6.07) is 8.05. The number of benzene rings is 1. The Bertz CT molecular complexity index is 491. The first-order valence-electron chi connectivity index (χ1n) is 7.88. The van der Waals surface area contributed by atoms with Crippen molar-refractivity contribution in [3.8, 4) is 0 Å². The molecule has 1 aliphatic carbocycles. The minimum absolute atomic E-state index is 0.0216. The van der Waals surface area contributed by atoms with Gasteiger partial charge in [0.25, 0.3) is 0 Å². The maximum absolute atomic E-state index is 12.3. The molecule has 1 saturated heterocycles. The zero-order valence-electron chi connectivity index (χ0n) is 12.4. The van der Waals surface area contributed by atoms with Crippen LogP contribution in [0.15, 0.2) is 24.3 Å². The quantitative estimate of drug-likeness (QED) is 0.821. The predicted molar refractivity (Wildman–Crippen MR) is 85.3 cm³/mol. The molecule has 0 radical (unpaired) electrons. The van der Waals surface area contributed by atoms with Crippen LogP contribution in [0.2, 0.25) is 0 Å². The fraction of sp³-hybridized carbons (Fsp3) is 0.562. The van der Waals surface area contributed by atoms with E-state index in [1.165, 1.54) is 25.7 Å². The number of urea groups is 1. The van der Waals surface area contributed by atoms with E-state index in [1.807, 2.05) is 23.1 Å². The van der Waals surface area contributed by atoms with E-state index >= 15 is 0 Å². The molecule has 3 N–H and O–H groups in total. The molecule has 0 bridgehead atoms. The lowest BCUT2D eigenvalue weighted by Gasteiger charge is -2.38. The molecule has 0 spiro atoms. The summed E-state index contributed by atoms with van der Waals surface area (Å²) < 4.78 is 0. The molecule has 0 atom stereocenters. The van der Waals surface area contributed by atoms with Crippen LogP contribution in [0.1, 0.15) is 25.7 Å². The molecule has 0 aromatic heterocycles. The molecule has 5 heteroatoms. The molecule has 1 heterocycles. The number of nitrogen functional groups attached to an aromatic ring is 1. The predicted octanol–water partition coefficient (Wildman–Crippen LogP) is 2.36. The van der Waals surface area contributed by atoms with Gasteiger partial charge in [-0.25, -0.2) is 4.79 Å². The number of rotatable bonds is 2. The number of carbonyl (C=O) groups is 1. The first kappa shape index (κ1) is 14.2. The highest BCUT2D eigenvalue weighted by Gasteiger charge is 2.27. The van der Waals surface area contributed by atoms with Crippen LogP contribution in [0, 0.1) is 0 Å². The fourth-order valence-electron chi connectivity index (χ4n) is 3.38. The monoisotopic (exact) mass is 288 g/mol. The van der Waals surface area contributed by atoms with Crippen molar-refractivity contribution in [1.29, 1.82) is 0 Å². The summed E-state index contributed by atoms with van der Waals surface area (Å²) in [6.45, 7) is 3.61. The summed E-state index contributed by atoms with van der Waals surface area (Å²) >= 11 is 0. The van der Waals surface area contributed by atoms with Crippen molar-refractivity contribution < 1.29 is 4.79 Å². The van der Waals surface area contributed by atoms with Gasteiger partial charge in [0.05, 0.1) is 0 Å². The summed E-state index contributed by atoms with van der Waals surface area (Å²) in [7, 11) is 0. The number of hydrogen-bond donors (Lipinski definition) is 2. The van der Waals surface area contributed by atoms with Gasteiger partial charge in [0.15, 0.2) is 0 Å². The van der Waals surface area contributed by atoms with Gasteiger partial charge in [0.2, 0.25) is 0 Å². The first-order chi connectivity index (χ1) is 10.2. The second-order valence-corrected chi connectivity index (χ2v) is 6.02. The maximum atomic E-state index is 12.3. The third-order valence-corrected chi connectivity index (χ3v) is 4.58. The molecule has 3 rings (SSSR count). The zero-order valence-corrected chi connectivity index (χ0v) is 12.4. The van der Waals surface area contributed by atoms with Crippen LogP contribution in [-0.4, -0.2) is 48.1 Å². The third-order valence-electron chi connectivity index (χ3n) is 4.58. The number of carbonyl (C=O) groups excluding carboxylic acids is 1. The lowest BCUT2D eigenvalue weighted by molar-refractivity contribution is 0.115. The van der Waals surface area contributed by atoms with Gasteiger partial charge in [-0.15, -0.1) is 0 Å². The smallest absolute Gasteiger partial charge is 0.321 e. The number of nitrogens with two attached hydrogens (primary N) is 1. The highest BCUT2D eigenvalue weighted by Crippen LogP contribution is 2.24. The Morgan fingerprint density at radius 3 is 2.52 bits per heavy atom. The van der Waals surface area contributed by atoms with E-state index in [9.17, 15) is 4.79 Å². The lowest BCUT2D eigenvalue weighted by Crippen LogP contribution is -2.52. The number of nitrogens with zero attached hydrogens (tertiary/aromatic N) is 2. The van der Waals surface area contributed by atoms with Crippen molar-refractivity contribution in [3.63, 3.8) is 0 Å². The minimum atomic E-state index is -0.0216. The second-order valence-electron chi connectivity index (χ2n) is 6.02. The standard InChI is InChI=1S/C16H24N4O/c17-13-4-3-5-14(12-13)18-16(21)20-10-8-19(9-11-20)15-6-1-2-7-15/h3-5,12,15H,1-2,6-11,17H2,(H,18,21). The van der Waals surface area contributed by atoms with Crippen molar-refractivity contribution in [2.45, 2.75) is 31.7 Å². The van der Waals surface area contributed by atoms with E-state index < -0.39 is 0 Å². The molecule has 0 unspecified atom stereocenters. The molecule has 1 aromatic carbocycles. The zero-order chi connectivity index (χ0) is 14.7. The van der Waals surface area contributed by atoms with Crippen LogP contribution in [0.4, 0.5) is 16.2 Å². The van der Waals surface area contributed by atoms with E-state index in [2.05, 4.69) is 10.2 Å². The van der Waals surface area contributed by atoms with Gasteiger partial charge in [-0.3, -0.25) is 4.90 Å². The Balaban J connectivity index is 1.50. The Morgan fingerprint density at radius 1 is 1.14 bits per heavy atom. The molecule has 5 nitrogen and oxygen atoms in total. The van der Waals surface area contributed by atoms with Crippen LogP contribution in [0.25, 0.3) is 0 Å². The molecule has 114 valence electrons. The van der Waals surface area contributed by atoms with Crippen LogP contribution < -0.4 is 11.1 Å².